The Hall–Kier alpha value is -2.84. The van der Waals surface area contributed by atoms with Gasteiger partial charge in [-0.2, -0.15) is 0 Å². The third-order valence-electron chi connectivity index (χ3n) is 5.94. The van der Waals surface area contributed by atoms with Crippen LogP contribution in [-0.4, -0.2) is 58.8 Å². The predicted molar refractivity (Wildman–Crippen MR) is 129 cm³/mol. The molecule has 0 aromatic heterocycles. The molecule has 0 aliphatic carbocycles. The molecular formula is C24H26ClN3O4S. The molecule has 0 saturated carbocycles. The van der Waals surface area contributed by atoms with Crippen molar-refractivity contribution in [3.63, 3.8) is 0 Å². The number of thiocarbonyl (C=S) groups is 1. The van der Waals surface area contributed by atoms with E-state index < -0.39 is 18.1 Å². The maximum Gasteiger partial charge on any atom is 0.410 e. The van der Waals surface area contributed by atoms with Crippen LogP contribution in [0.5, 0.6) is 0 Å². The summed E-state index contributed by atoms with van der Waals surface area (Å²) in [5.41, 5.74) is 1.88. The SMILES string of the molecule is O=C(OCc1ccccc1)C1COC(=O)N1C1CCN(C(=S)NCc2ccccc2Cl)CC1. The maximum atomic E-state index is 12.7. The van der Waals surface area contributed by atoms with Crippen molar-refractivity contribution in [3.8, 4) is 0 Å². The van der Waals surface area contributed by atoms with Crippen LogP contribution in [0.15, 0.2) is 54.6 Å². The number of hydrogen-bond donors (Lipinski definition) is 1. The number of nitrogens with one attached hydrogen (secondary N) is 1. The van der Waals surface area contributed by atoms with Gasteiger partial charge in [0, 0.05) is 30.7 Å². The smallest absolute Gasteiger partial charge is 0.410 e. The van der Waals surface area contributed by atoms with Gasteiger partial charge < -0.3 is 19.7 Å². The molecule has 4 rings (SSSR count). The van der Waals surface area contributed by atoms with E-state index in [1.165, 1.54) is 0 Å². The molecule has 2 fully saturated rings. The van der Waals surface area contributed by atoms with Crippen molar-refractivity contribution in [2.24, 2.45) is 0 Å². The van der Waals surface area contributed by atoms with Crippen molar-refractivity contribution in [1.29, 1.82) is 0 Å². The summed E-state index contributed by atoms with van der Waals surface area (Å²) in [5, 5.41) is 4.60. The second-order valence-corrected chi connectivity index (χ2v) is 8.86. The summed E-state index contributed by atoms with van der Waals surface area (Å²) >= 11 is 11.8. The van der Waals surface area contributed by atoms with E-state index in [4.69, 9.17) is 33.3 Å². The zero-order valence-electron chi connectivity index (χ0n) is 18.1. The summed E-state index contributed by atoms with van der Waals surface area (Å²) in [6, 6.07) is 16.3. The number of ether oxygens (including phenoxy) is 2. The Morgan fingerprint density at radius 1 is 1.12 bits per heavy atom. The number of nitrogens with zero attached hydrogens (tertiary/aromatic N) is 2. The first-order valence-electron chi connectivity index (χ1n) is 10.9. The molecule has 1 atom stereocenters. The Kier molecular flexibility index (Phi) is 7.67. The van der Waals surface area contributed by atoms with Crippen molar-refractivity contribution in [2.75, 3.05) is 19.7 Å². The molecule has 2 heterocycles. The van der Waals surface area contributed by atoms with Crippen LogP contribution in [0.2, 0.25) is 5.02 Å². The summed E-state index contributed by atoms with van der Waals surface area (Å²) in [5.74, 6) is -0.441. The van der Waals surface area contributed by atoms with Gasteiger partial charge in [0.2, 0.25) is 0 Å². The average molecular weight is 488 g/mol. The first-order valence-corrected chi connectivity index (χ1v) is 11.7. The Bertz CT molecular complexity index is 998. The van der Waals surface area contributed by atoms with Crippen molar-refractivity contribution < 1.29 is 19.1 Å². The molecule has 9 heteroatoms. The van der Waals surface area contributed by atoms with Crippen molar-refractivity contribution in [1.82, 2.24) is 15.1 Å². The van der Waals surface area contributed by atoms with Crippen molar-refractivity contribution >= 4 is 41.0 Å². The van der Waals surface area contributed by atoms with Crippen molar-refractivity contribution in [2.45, 2.75) is 38.1 Å². The number of likely N-dealkylation sites (tertiary alicyclic amines) is 1. The molecule has 174 valence electrons. The molecule has 2 aromatic rings. The van der Waals surface area contributed by atoms with E-state index in [1.807, 2.05) is 54.6 Å². The third-order valence-corrected chi connectivity index (χ3v) is 6.71. The van der Waals surface area contributed by atoms with E-state index in [0.29, 0.717) is 42.6 Å². The van der Waals surface area contributed by atoms with Gasteiger partial charge in [0.15, 0.2) is 11.2 Å². The number of piperidine rings is 1. The number of amides is 1. The van der Waals surface area contributed by atoms with Crippen LogP contribution in [0.3, 0.4) is 0 Å². The number of cyclic esters (lactones) is 1. The van der Waals surface area contributed by atoms with E-state index in [1.54, 1.807) is 4.90 Å². The quantitative estimate of drug-likeness (QED) is 0.491. The standard InChI is InChI=1S/C24H26ClN3O4S/c25-20-9-5-4-8-18(20)14-26-23(33)27-12-10-19(11-13-27)28-21(16-32-24(28)30)22(29)31-15-17-6-2-1-3-7-17/h1-9,19,21H,10-16H2,(H,26,33). The highest BCUT2D eigenvalue weighted by Crippen LogP contribution is 2.25. The van der Waals surface area contributed by atoms with E-state index in [0.717, 1.165) is 11.1 Å². The highest BCUT2D eigenvalue weighted by atomic mass is 35.5. The molecule has 1 unspecified atom stereocenters. The minimum atomic E-state index is -0.719. The molecular weight excluding hydrogens is 462 g/mol. The number of halogens is 1. The normalized spacial score (nSPS) is 18.7. The summed E-state index contributed by atoms with van der Waals surface area (Å²) in [7, 11) is 0. The fourth-order valence-corrected chi connectivity index (χ4v) is 4.57. The number of hydrogen-bond acceptors (Lipinski definition) is 5. The molecule has 0 bridgehead atoms. The molecule has 1 N–H and O–H groups in total. The van der Waals surface area contributed by atoms with Gasteiger partial charge in [-0.3, -0.25) is 4.90 Å². The Morgan fingerprint density at radius 2 is 1.82 bits per heavy atom. The largest absolute Gasteiger partial charge is 0.459 e. The lowest BCUT2D eigenvalue weighted by molar-refractivity contribution is -0.150. The van der Waals surface area contributed by atoms with Crippen molar-refractivity contribution in [3.05, 3.63) is 70.7 Å². The van der Waals surface area contributed by atoms with E-state index >= 15 is 0 Å². The molecule has 2 aliphatic heterocycles. The Labute approximate surface area is 203 Å². The van der Waals surface area contributed by atoms with Gasteiger partial charge in [-0.05, 0) is 42.3 Å². The zero-order chi connectivity index (χ0) is 23.2. The van der Waals surface area contributed by atoms with Crippen LogP contribution >= 0.6 is 23.8 Å². The molecule has 0 radical (unpaired) electrons. The lowest BCUT2D eigenvalue weighted by atomic mass is 10.0. The second-order valence-electron chi connectivity index (χ2n) is 8.06. The molecule has 1 amide bonds. The molecule has 2 aromatic carbocycles. The minimum absolute atomic E-state index is 0.0183. The maximum absolute atomic E-state index is 12.7. The molecule has 7 nitrogen and oxygen atoms in total. The van der Waals surface area contributed by atoms with E-state index in [9.17, 15) is 9.59 Å². The van der Waals surface area contributed by atoms with Gasteiger partial charge >= 0.3 is 12.1 Å². The number of rotatable bonds is 6. The first-order chi connectivity index (χ1) is 16.0. The second kappa shape index (κ2) is 10.9. The van der Waals surface area contributed by atoms with Gasteiger partial charge in [0.25, 0.3) is 0 Å². The first kappa shape index (κ1) is 23.3. The number of benzene rings is 2. The van der Waals surface area contributed by atoms with Crippen LogP contribution in [0.25, 0.3) is 0 Å². The summed E-state index contributed by atoms with van der Waals surface area (Å²) < 4.78 is 10.7. The fourth-order valence-electron chi connectivity index (χ4n) is 4.11. The summed E-state index contributed by atoms with van der Waals surface area (Å²) in [6.07, 6.45) is 0.909. The van der Waals surface area contributed by atoms with Crippen LogP contribution in [-0.2, 0) is 27.4 Å². The van der Waals surface area contributed by atoms with Crippen LogP contribution < -0.4 is 5.32 Å². The predicted octanol–water partition coefficient (Wildman–Crippen LogP) is 3.74. The van der Waals surface area contributed by atoms with Crippen LogP contribution in [0.1, 0.15) is 24.0 Å². The molecule has 0 spiro atoms. The lowest BCUT2D eigenvalue weighted by Gasteiger charge is -2.38. The number of carbonyl (C=O) groups excluding carboxylic acids is 2. The molecule has 33 heavy (non-hydrogen) atoms. The minimum Gasteiger partial charge on any atom is -0.459 e. The summed E-state index contributed by atoms with van der Waals surface area (Å²) in [4.78, 5) is 28.7. The fraction of sp³-hybridized carbons (Fsp3) is 0.375. The van der Waals surface area contributed by atoms with Crippen LogP contribution in [0.4, 0.5) is 4.79 Å². The van der Waals surface area contributed by atoms with Gasteiger partial charge in [-0.25, -0.2) is 9.59 Å². The topological polar surface area (TPSA) is 71.1 Å². The highest BCUT2D eigenvalue weighted by Gasteiger charge is 2.44. The number of carbonyl (C=O) groups is 2. The highest BCUT2D eigenvalue weighted by molar-refractivity contribution is 7.80. The summed E-state index contributed by atoms with van der Waals surface area (Å²) in [6.45, 7) is 2.09. The van der Waals surface area contributed by atoms with Gasteiger partial charge in [-0.15, -0.1) is 0 Å². The lowest BCUT2D eigenvalue weighted by Crippen LogP contribution is -2.53. The molecule has 2 aliphatic rings. The van der Waals surface area contributed by atoms with Gasteiger partial charge in [0.05, 0.1) is 0 Å². The monoisotopic (exact) mass is 487 g/mol. The average Bonchev–Trinajstić information content (AvgIpc) is 3.24. The zero-order valence-corrected chi connectivity index (χ0v) is 19.7. The van der Waals surface area contributed by atoms with E-state index in [2.05, 4.69) is 10.2 Å². The molecule has 2 saturated heterocycles. The van der Waals surface area contributed by atoms with Crippen LogP contribution in [0, 0.1) is 0 Å². The van der Waals surface area contributed by atoms with E-state index in [-0.39, 0.29) is 19.3 Å². The third kappa shape index (κ3) is 5.75. The van der Waals surface area contributed by atoms with Gasteiger partial charge in [-0.1, -0.05) is 60.1 Å². The Morgan fingerprint density at radius 3 is 2.55 bits per heavy atom. The number of esters is 1. The Balaban J connectivity index is 1.28. The van der Waals surface area contributed by atoms with Gasteiger partial charge in [0.1, 0.15) is 13.2 Å².